The number of carbonyl (C=O) groups excluding carboxylic acids is 1. The highest BCUT2D eigenvalue weighted by molar-refractivity contribution is 7.16. The van der Waals surface area contributed by atoms with E-state index >= 15 is 0 Å². The number of thiazole rings is 1. The molecule has 0 spiro atoms. The summed E-state index contributed by atoms with van der Waals surface area (Å²) < 4.78 is 0. The summed E-state index contributed by atoms with van der Waals surface area (Å²) in [6.45, 7) is 0. The van der Waals surface area contributed by atoms with Crippen molar-refractivity contribution in [2.45, 2.75) is 37.4 Å². The Balaban J connectivity index is 1.47. The molecule has 0 aliphatic carbocycles. The fourth-order valence-electron chi connectivity index (χ4n) is 3.54. The zero-order valence-corrected chi connectivity index (χ0v) is 13.8. The van der Waals surface area contributed by atoms with E-state index in [4.69, 9.17) is 0 Å². The lowest BCUT2D eigenvalue weighted by molar-refractivity contribution is 0.0935. The summed E-state index contributed by atoms with van der Waals surface area (Å²) in [6, 6.07) is 9.35. The van der Waals surface area contributed by atoms with Crippen molar-refractivity contribution in [3.63, 3.8) is 0 Å². The van der Waals surface area contributed by atoms with Gasteiger partial charge in [0.2, 0.25) is 0 Å². The Labute approximate surface area is 139 Å². The standard InChI is InChI=1S/C17H20N4OS/c1-18-11-4-2-3-10(7-11)17-19-9-15(23-17)16(22)21-14-8-12-5-6-13(14)20-12/h2-4,7,9,12-14,18,20H,5-6,8H2,1H3,(H,21,22)/t12-,13+,14-/m1/s1. The normalized spacial score (nSPS) is 25.5. The second-order valence-corrected chi connectivity index (χ2v) is 7.25. The molecule has 3 heterocycles. The number of rotatable bonds is 4. The Bertz CT molecular complexity index is 729. The molecule has 0 radical (unpaired) electrons. The van der Waals surface area contributed by atoms with E-state index in [1.807, 2.05) is 31.3 Å². The molecule has 23 heavy (non-hydrogen) atoms. The molecule has 2 bridgehead atoms. The van der Waals surface area contributed by atoms with Crippen molar-refractivity contribution < 1.29 is 4.79 Å². The summed E-state index contributed by atoms with van der Waals surface area (Å²) in [5.41, 5.74) is 2.07. The largest absolute Gasteiger partial charge is 0.388 e. The van der Waals surface area contributed by atoms with Gasteiger partial charge in [-0.1, -0.05) is 12.1 Å². The highest BCUT2D eigenvalue weighted by atomic mass is 32.1. The molecule has 120 valence electrons. The molecule has 0 saturated carbocycles. The number of carbonyl (C=O) groups is 1. The van der Waals surface area contributed by atoms with Crippen LogP contribution in [0.5, 0.6) is 0 Å². The lowest BCUT2D eigenvalue weighted by Crippen LogP contribution is -2.42. The fraction of sp³-hybridized carbons (Fsp3) is 0.412. The molecule has 0 unspecified atom stereocenters. The molecule has 3 N–H and O–H groups in total. The molecule has 5 nitrogen and oxygen atoms in total. The Kier molecular flexibility index (Phi) is 3.79. The molecule has 1 aromatic carbocycles. The molecule has 1 amide bonds. The highest BCUT2D eigenvalue weighted by Crippen LogP contribution is 2.30. The first-order valence-electron chi connectivity index (χ1n) is 8.04. The van der Waals surface area contributed by atoms with Gasteiger partial charge in [0.25, 0.3) is 5.91 Å². The number of hydrogen-bond donors (Lipinski definition) is 3. The van der Waals surface area contributed by atoms with E-state index in [2.05, 4.69) is 20.9 Å². The summed E-state index contributed by atoms with van der Waals surface area (Å²) in [6.07, 6.45) is 5.14. The molecule has 1 aromatic heterocycles. The number of aromatic nitrogens is 1. The molecule has 2 saturated heterocycles. The topological polar surface area (TPSA) is 66.0 Å². The molecule has 4 rings (SSSR count). The minimum atomic E-state index is -0.00197. The van der Waals surface area contributed by atoms with Crippen LogP contribution in [0.3, 0.4) is 0 Å². The predicted octanol–water partition coefficient (Wildman–Crippen LogP) is 2.47. The molecule has 2 aliphatic heterocycles. The molecule has 3 atom stereocenters. The van der Waals surface area contributed by atoms with E-state index < -0.39 is 0 Å². The average Bonchev–Trinajstić information content (AvgIpc) is 3.31. The van der Waals surface area contributed by atoms with Gasteiger partial charge in [0.1, 0.15) is 9.88 Å². The Morgan fingerprint density at radius 3 is 3.04 bits per heavy atom. The number of nitrogens with one attached hydrogen (secondary N) is 3. The van der Waals surface area contributed by atoms with E-state index in [9.17, 15) is 4.79 Å². The highest BCUT2D eigenvalue weighted by Gasteiger charge is 2.39. The maximum atomic E-state index is 12.5. The van der Waals surface area contributed by atoms with Gasteiger partial charge >= 0.3 is 0 Å². The van der Waals surface area contributed by atoms with Gasteiger partial charge in [-0.2, -0.15) is 0 Å². The Hall–Kier alpha value is -1.92. The number of nitrogens with zero attached hydrogens (tertiary/aromatic N) is 1. The maximum Gasteiger partial charge on any atom is 0.263 e. The van der Waals surface area contributed by atoms with Crippen LogP contribution in [0.2, 0.25) is 0 Å². The third-order valence-corrected chi connectivity index (χ3v) is 5.79. The third kappa shape index (κ3) is 2.84. The van der Waals surface area contributed by atoms with Gasteiger partial charge in [0.05, 0.1) is 6.20 Å². The number of anilines is 1. The van der Waals surface area contributed by atoms with Gasteiger partial charge in [-0.3, -0.25) is 4.79 Å². The summed E-state index contributed by atoms with van der Waals surface area (Å²) in [5, 5.41) is 10.7. The van der Waals surface area contributed by atoms with E-state index in [0.717, 1.165) is 22.7 Å². The van der Waals surface area contributed by atoms with Crippen LogP contribution in [-0.4, -0.2) is 36.1 Å². The Morgan fingerprint density at radius 1 is 1.39 bits per heavy atom. The summed E-state index contributed by atoms with van der Waals surface area (Å²) in [4.78, 5) is 17.6. The van der Waals surface area contributed by atoms with Crippen LogP contribution in [0.25, 0.3) is 10.6 Å². The monoisotopic (exact) mass is 328 g/mol. The van der Waals surface area contributed by atoms with Crippen molar-refractivity contribution in [1.29, 1.82) is 0 Å². The van der Waals surface area contributed by atoms with Crippen LogP contribution in [0, 0.1) is 0 Å². The van der Waals surface area contributed by atoms with E-state index in [0.29, 0.717) is 17.0 Å². The first-order chi connectivity index (χ1) is 11.2. The summed E-state index contributed by atoms with van der Waals surface area (Å²) in [7, 11) is 1.89. The van der Waals surface area contributed by atoms with Crippen LogP contribution >= 0.6 is 11.3 Å². The maximum absolute atomic E-state index is 12.5. The van der Waals surface area contributed by atoms with Gasteiger partial charge in [-0.05, 0) is 31.4 Å². The zero-order chi connectivity index (χ0) is 15.8. The van der Waals surface area contributed by atoms with Gasteiger partial charge in [0, 0.05) is 36.4 Å². The van der Waals surface area contributed by atoms with E-state index in [-0.39, 0.29) is 11.9 Å². The van der Waals surface area contributed by atoms with Crippen LogP contribution in [0.1, 0.15) is 28.9 Å². The van der Waals surface area contributed by atoms with Crippen molar-refractivity contribution in [2.75, 3.05) is 12.4 Å². The first-order valence-corrected chi connectivity index (χ1v) is 8.85. The van der Waals surface area contributed by atoms with E-state index in [1.165, 1.54) is 24.2 Å². The van der Waals surface area contributed by atoms with Crippen molar-refractivity contribution in [3.8, 4) is 10.6 Å². The van der Waals surface area contributed by atoms with Gasteiger partial charge < -0.3 is 16.0 Å². The van der Waals surface area contributed by atoms with Crippen LogP contribution in [0.4, 0.5) is 5.69 Å². The van der Waals surface area contributed by atoms with Crippen molar-refractivity contribution in [3.05, 3.63) is 35.3 Å². The van der Waals surface area contributed by atoms with Crippen molar-refractivity contribution in [2.24, 2.45) is 0 Å². The average molecular weight is 328 g/mol. The molecular weight excluding hydrogens is 308 g/mol. The molecule has 2 aliphatic rings. The minimum absolute atomic E-state index is 0.00197. The number of amides is 1. The molecule has 2 fully saturated rings. The van der Waals surface area contributed by atoms with Gasteiger partial charge in [-0.15, -0.1) is 11.3 Å². The minimum Gasteiger partial charge on any atom is -0.388 e. The van der Waals surface area contributed by atoms with Crippen LogP contribution in [-0.2, 0) is 0 Å². The third-order valence-electron chi connectivity index (χ3n) is 4.74. The lowest BCUT2D eigenvalue weighted by Gasteiger charge is -2.20. The van der Waals surface area contributed by atoms with Crippen molar-refractivity contribution >= 4 is 22.9 Å². The van der Waals surface area contributed by atoms with Gasteiger partial charge in [-0.25, -0.2) is 4.98 Å². The second-order valence-electron chi connectivity index (χ2n) is 6.22. The number of fused-ring (bicyclic) bond motifs is 2. The quantitative estimate of drug-likeness (QED) is 0.807. The van der Waals surface area contributed by atoms with Crippen LogP contribution in [0.15, 0.2) is 30.5 Å². The van der Waals surface area contributed by atoms with Crippen LogP contribution < -0.4 is 16.0 Å². The lowest BCUT2D eigenvalue weighted by atomic mass is 9.95. The first kappa shape index (κ1) is 14.7. The molecule has 2 aromatic rings. The summed E-state index contributed by atoms with van der Waals surface area (Å²) in [5.74, 6) is -0.00197. The molecule has 6 heteroatoms. The SMILES string of the molecule is CNc1cccc(-c2ncc(C(=O)N[C@@H]3C[C@H]4CC[C@@H]3N4)s2)c1. The fourth-order valence-corrected chi connectivity index (χ4v) is 4.36. The smallest absolute Gasteiger partial charge is 0.263 e. The second kappa shape index (κ2) is 5.94. The number of benzene rings is 1. The van der Waals surface area contributed by atoms with E-state index in [1.54, 1.807) is 6.20 Å². The molecular formula is C17H20N4OS. The summed E-state index contributed by atoms with van der Waals surface area (Å²) >= 11 is 1.45. The zero-order valence-electron chi connectivity index (χ0n) is 13.0. The number of hydrogen-bond acceptors (Lipinski definition) is 5. The Morgan fingerprint density at radius 2 is 2.30 bits per heavy atom. The predicted molar refractivity (Wildman–Crippen MR) is 92.9 cm³/mol. The van der Waals surface area contributed by atoms with Gasteiger partial charge in [0.15, 0.2) is 0 Å². The van der Waals surface area contributed by atoms with Crippen molar-refractivity contribution in [1.82, 2.24) is 15.6 Å².